The van der Waals surface area contributed by atoms with E-state index >= 15 is 0 Å². The normalized spacial score (nSPS) is 11.4. The number of nitrogens with one attached hydrogen (secondary N) is 1. The predicted octanol–water partition coefficient (Wildman–Crippen LogP) is 1.09. The molecule has 124 valence electrons. The minimum atomic E-state index is -3.63. The van der Waals surface area contributed by atoms with Crippen LogP contribution in [-0.2, 0) is 20.4 Å². The number of thioether (sulfide) groups is 1. The standard InChI is InChI=1S/C13H15N3O5S2/c1-9(18)14-10-2-4-11(5-3-10)23(19,20)8-12-15-16-13(21-12)22-7-6-17/h2-5,17H,6-8H2,1H3,(H,14,18). The highest BCUT2D eigenvalue weighted by Crippen LogP contribution is 2.21. The fourth-order valence-corrected chi connectivity index (χ4v) is 3.36. The third-order valence-electron chi connectivity index (χ3n) is 2.61. The molecule has 0 fully saturated rings. The Hall–Kier alpha value is -1.91. The maximum absolute atomic E-state index is 12.3. The van der Waals surface area contributed by atoms with Crippen LogP contribution in [0.1, 0.15) is 12.8 Å². The highest BCUT2D eigenvalue weighted by atomic mass is 32.2. The Kier molecular flexibility index (Phi) is 5.74. The van der Waals surface area contributed by atoms with Crippen molar-refractivity contribution in [3.63, 3.8) is 0 Å². The molecule has 0 saturated heterocycles. The number of sulfone groups is 1. The number of aliphatic hydroxyl groups excluding tert-OH is 1. The smallest absolute Gasteiger partial charge is 0.276 e. The van der Waals surface area contributed by atoms with E-state index < -0.39 is 15.6 Å². The second kappa shape index (κ2) is 7.57. The summed E-state index contributed by atoms with van der Waals surface area (Å²) in [6.07, 6.45) is 0. The summed E-state index contributed by atoms with van der Waals surface area (Å²) in [7, 11) is -3.63. The highest BCUT2D eigenvalue weighted by molar-refractivity contribution is 7.99. The van der Waals surface area contributed by atoms with Crippen molar-refractivity contribution < 1.29 is 22.7 Å². The largest absolute Gasteiger partial charge is 0.415 e. The van der Waals surface area contributed by atoms with E-state index in [1.54, 1.807) is 0 Å². The quantitative estimate of drug-likeness (QED) is 0.706. The van der Waals surface area contributed by atoms with Crippen molar-refractivity contribution in [1.82, 2.24) is 10.2 Å². The van der Waals surface area contributed by atoms with E-state index in [0.717, 1.165) is 11.8 Å². The maximum Gasteiger partial charge on any atom is 0.276 e. The number of aliphatic hydroxyl groups is 1. The Labute approximate surface area is 137 Å². The van der Waals surface area contributed by atoms with E-state index in [9.17, 15) is 13.2 Å². The number of amides is 1. The van der Waals surface area contributed by atoms with Gasteiger partial charge in [0, 0.05) is 18.4 Å². The van der Waals surface area contributed by atoms with Gasteiger partial charge in [-0.05, 0) is 24.3 Å². The minimum absolute atomic E-state index is 0.0172. The molecule has 0 saturated carbocycles. The van der Waals surface area contributed by atoms with Crippen molar-refractivity contribution in [2.75, 3.05) is 17.7 Å². The molecular weight excluding hydrogens is 342 g/mol. The van der Waals surface area contributed by atoms with Gasteiger partial charge in [-0.3, -0.25) is 4.79 Å². The first-order valence-electron chi connectivity index (χ1n) is 6.57. The van der Waals surface area contributed by atoms with Gasteiger partial charge in [-0.25, -0.2) is 8.42 Å². The van der Waals surface area contributed by atoms with Crippen molar-refractivity contribution in [2.45, 2.75) is 22.8 Å². The molecule has 0 aliphatic rings. The summed E-state index contributed by atoms with van der Waals surface area (Å²) in [5, 5.41) is 18.9. The summed E-state index contributed by atoms with van der Waals surface area (Å²) >= 11 is 1.15. The molecule has 0 spiro atoms. The molecule has 0 atom stereocenters. The average Bonchev–Trinajstić information content (AvgIpc) is 2.92. The minimum Gasteiger partial charge on any atom is -0.415 e. The van der Waals surface area contributed by atoms with E-state index in [1.807, 2.05) is 0 Å². The number of rotatable bonds is 7. The number of carbonyl (C=O) groups excluding carboxylic acids is 1. The Morgan fingerprint density at radius 3 is 2.61 bits per heavy atom. The molecule has 8 nitrogen and oxygen atoms in total. The van der Waals surface area contributed by atoms with Gasteiger partial charge in [-0.2, -0.15) is 0 Å². The van der Waals surface area contributed by atoms with Crippen molar-refractivity contribution in [3.8, 4) is 0 Å². The first-order chi connectivity index (χ1) is 10.9. The number of anilines is 1. The highest BCUT2D eigenvalue weighted by Gasteiger charge is 2.19. The Morgan fingerprint density at radius 2 is 2.00 bits per heavy atom. The van der Waals surface area contributed by atoms with Crippen LogP contribution in [0.4, 0.5) is 5.69 Å². The molecule has 2 rings (SSSR count). The van der Waals surface area contributed by atoms with Gasteiger partial charge < -0.3 is 14.8 Å². The van der Waals surface area contributed by atoms with E-state index in [-0.39, 0.29) is 28.5 Å². The van der Waals surface area contributed by atoms with Gasteiger partial charge in [0.05, 0.1) is 11.5 Å². The molecule has 0 radical (unpaired) electrons. The number of nitrogens with zero attached hydrogens (tertiary/aromatic N) is 2. The third kappa shape index (κ3) is 5.05. The molecule has 1 amide bonds. The van der Waals surface area contributed by atoms with E-state index in [2.05, 4.69) is 15.5 Å². The first kappa shape index (κ1) is 17.4. The van der Waals surface area contributed by atoms with Gasteiger partial charge >= 0.3 is 0 Å². The van der Waals surface area contributed by atoms with E-state index in [4.69, 9.17) is 9.52 Å². The topological polar surface area (TPSA) is 122 Å². The molecule has 1 aromatic heterocycles. The predicted molar refractivity (Wildman–Crippen MR) is 83.7 cm³/mol. The van der Waals surface area contributed by atoms with Gasteiger partial charge in [-0.1, -0.05) is 11.8 Å². The number of carbonyl (C=O) groups is 1. The number of hydrogen-bond acceptors (Lipinski definition) is 8. The summed E-state index contributed by atoms with van der Waals surface area (Å²) in [6, 6.07) is 5.81. The van der Waals surface area contributed by atoms with E-state index in [1.165, 1.54) is 31.2 Å². The van der Waals surface area contributed by atoms with Crippen LogP contribution in [0.5, 0.6) is 0 Å². The lowest BCUT2D eigenvalue weighted by Crippen LogP contribution is -2.07. The van der Waals surface area contributed by atoms with Crippen molar-refractivity contribution in [1.29, 1.82) is 0 Å². The van der Waals surface area contributed by atoms with Crippen LogP contribution >= 0.6 is 11.8 Å². The average molecular weight is 357 g/mol. The SMILES string of the molecule is CC(=O)Nc1ccc(S(=O)(=O)Cc2nnc(SCCO)o2)cc1. The second-order valence-corrected chi connectivity index (χ2v) is 7.53. The zero-order valence-corrected chi connectivity index (χ0v) is 13.9. The van der Waals surface area contributed by atoms with Gasteiger partial charge in [-0.15, -0.1) is 10.2 Å². The second-order valence-electron chi connectivity index (χ2n) is 4.50. The summed E-state index contributed by atoms with van der Waals surface area (Å²) < 4.78 is 29.8. The molecule has 2 aromatic rings. The lowest BCUT2D eigenvalue weighted by atomic mass is 10.3. The molecule has 1 aromatic carbocycles. The molecule has 23 heavy (non-hydrogen) atoms. The van der Waals surface area contributed by atoms with Gasteiger partial charge in [0.25, 0.3) is 5.22 Å². The Balaban J connectivity index is 2.09. The number of benzene rings is 1. The van der Waals surface area contributed by atoms with Crippen molar-refractivity contribution in [2.24, 2.45) is 0 Å². The van der Waals surface area contributed by atoms with Crippen LogP contribution in [0.3, 0.4) is 0 Å². The number of aromatic nitrogens is 2. The summed E-state index contributed by atoms with van der Waals surface area (Å²) in [4.78, 5) is 11.0. The Bertz CT molecular complexity index is 771. The fraction of sp³-hybridized carbons (Fsp3) is 0.308. The van der Waals surface area contributed by atoms with Crippen LogP contribution in [-0.4, -0.2) is 42.0 Å². The van der Waals surface area contributed by atoms with Crippen molar-refractivity contribution >= 4 is 33.2 Å². The fourth-order valence-electron chi connectivity index (χ4n) is 1.68. The van der Waals surface area contributed by atoms with Crippen molar-refractivity contribution in [3.05, 3.63) is 30.2 Å². The van der Waals surface area contributed by atoms with E-state index in [0.29, 0.717) is 11.4 Å². The number of hydrogen-bond donors (Lipinski definition) is 2. The first-order valence-corrected chi connectivity index (χ1v) is 9.21. The zero-order chi connectivity index (χ0) is 16.9. The molecule has 0 aliphatic heterocycles. The monoisotopic (exact) mass is 357 g/mol. The summed E-state index contributed by atoms with van der Waals surface area (Å²) in [6.45, 7) is 1.33. The van der Waals surface area contributed by atoms with Crippen LogP contribution in [0.2, 0.25) is 0 Å². The molecule has 0 unspecified atom stereocenters. The molecule has 2 N–H and O–H groups in total. The molecule has 0 aliphatic carbocycles. The molecule has 10 heteroatoms. The summed E-state index contributed by atoms with van der Waals surface area (Å²) in [5.41, 5.74) is 0.511. The molecular formula is C13H15N3O5S2. The lowest BCUT2D eigenvalue weighted by Gasteiger charge is -2.04. The van der Waals surface area contributed by atoms with Crippen LogP contribution in [0.25, 0.3) is 0 Å². The molecule has 1 heterocycles. The van der Waals surface area contributed by atoms with Gasteiger partial charge in [0.15, 0.2) is 9.84 Å². The van der Waals surface area contributed by atoms with Crippen LogP contribution in [0.15, 0.2) is 38.8 Å². The zero-order valence-electron chi connectivity index (χ0n) is 12.2. The molecule has 0 bridgehead atoms. The van der Waals surface area contributed by atoms with Gasteiger partial charge in [0.2, 0.25) is 11.8 Å². The lowest BCUT2D eigenvalue weighted by molar-refractivity contribution is -0.114. The third-order valence-corrected chi connectivity index (χ3v) is 5.03. The maximum atomic E-state index is 12.3. The van der Waals surface area contributed by atoms with Gasteiger partial charge in [0.1, 0.15) is 5.75 Å². The van der Waals surface area contributed by atoms with Crippen LogP contribution < -0.4 is 5.32 Å². The summed E-state index contributed by atoms with van der Waals surface area (Å²) in [5.74, 6) is -0.284. The Morgan fingerprint density at radius 1 is 1.30 bits per heavy atom. The van der Waals surface area contributed by atoms with Crippen LogP contribution in [0, 0.1) is 0 Å².